The summed E-state index contributed by atoms with van der Waals surface area (Å²) in [6, 6.07) is 15.8. The molecular weight excluding hydrogens is 1010 g/mol. The Labute approximate surface area is 453 Å². The van der Waals surface area contributed by atoms with Crippen LogP contribution in [0.15, 0.2) is 79.6 Å². The molecule has 5 amide bonds. The monoisotopic (exact) mass is 1090 g/mol. The second-order valence-electron chi connectivity index (χ2n) is 19.9. The average Bonchev–Trinajstić information content (AvgIpc) is 4.27. The van der Waals surface area contributed by atoms with Crippen molar-refractivity contribution in [2.45, 2.75) is 105 Å². The molecule has 412 valence electrons. The number of nitrogens with two attached hydrogens (primary N) is 1. The van der Waals surface area contributed by atoms with E-state index in [1.165, 1.54) is 51.3 Å². The number of hydrogen-bond acceptors (Lipinski definition) is 17. The number of hydrazine groups is 2. The number of pyridine rings is 2. The fourth-order valence-electron chi connectivity index (χ4n) is 7.62. The fourth-order valence-corrected chi connectivity index (χ4v) is 9.48. The maximum Gasteiger partial charge on any atom is 0.426 e. The Balaban J connectivity index is 0.000000225. The zero-order chi connectivity index (χ0) is 55.3. The molecule has 0 unspecified atom stereocenters. The number of amides is 5. The second kappa shape index (κ2) is 29.4. The van der Waals surface area contributed by atoms with Crippen LogP contribution < -0.4 is 31.9 Å². The molecule has 8 heterocycles. The molecule has 3 aliphatic rings. The Hall–Kier alpha value is -6.95. The van der Waals surface area contributed by atoms with Crippen LogP contribution in [-0.2, 0) is 49.5 Å². The zero-order valence-corrected chi connectivity index (χ0v) is 46.6. The Kier molecular flexibility index (Phi) is 23.2. The topological polar surface area (TPSA) is 249 Å². The summed E-state index contributed by atoms with van der Waals surface area (Å²) < 4.78 is 16.2. The molecular formula is C53H74N12O9S2. The van der Waals surface area contributed by atoms with Gasteiger partial charge in [0.15, 0.2) is 0 Å². The van der Waals surface area contributed by atoms with E-state index in [9.17, 15) is 28.8 Å². The number of thiophene rings is 2. The summed E-state index contributed by atoms with van der Waals surface area (Å²) >= 11 is 2.90. The van der Waals surface area contributed by atoms with Crippen LogP contribution in [0.2, 0.25) is 0 Å². The van der Waals surface area contributed by atoms with E-state index in [4.69, 9.17) is 20.1 Å². The molecule has 3 saturated heterocycles. The number of carbonyl (C=O) groups is 6. The third kappa shape index (κ3) is 21.0. The molecule has 0 bridgehead atoms. The Morgan fingerprint density at radius 3 is 1.47 bits per heavy atom. The quantitative estimate of drug-likeness (QED) is 0.0669. The van der Waals surface area contributed by atoms with Crippen molar-refractivity contribution >= 4 is 69.9 Å². The summed E-state index contributed by atoms with van der Waals surface area (Å²) in [5, 5.41) is 0. The van der Waals surface area contributed by atoms with Crippen LogP contribution in [0.1, 0.15) is 109 Å². The van der Waals surface area contributed by atoms with Gasteiger partial charge in [-0.2, -0.15) is 0 Å². The van der Waals surface area contributed by atoms with Gasteiger partial charge in [0.1, 0.15) is 17.5 Å². The fraction of sp³-hybridized carbons (Fsp3) is 0.491. The summed E-state index contributed by atoms with van der Waals surface area (Å²) in [5.74, 6) is 4.58. The van der Waals surface area contributed by atoms with Crippen molar-refractivity contribution in [1.29, 1.82) is 0 Å². The Morgan fingerprint density at radius 1 is 0.618 bits per heavy atom. The molecule has 76 heavy (non-hydrogen) atoms. The molecule has 5 aromatic rings. The van der Waals surface area contributed by atoms with Crippen LogP contribution in [0.3, 0.4) is 0 Å². The van der Waals surface area contributed by atoms with Gasteiger partial charge >= 0.3 is 12.2 Å². The molecule has 8 rings (SSSR count). The van der Waals surface area contributed by atoms with Crippen molar-refractivity contribution in [3.8, 4) is 0 Å². The summed E-state index contributed by atoms with van der Waals surface area (Å²) in [7, 11) is 0. The van der Waals surface area contributed by atoms with E-state index in [1.54, 1.807) is 73.8 Å². The normalized spacial score (nSPS) is 14.4. The smallest absolute Gasteiger partial charge is 0.426 e. The van der Waals surface area contributed by atoms with Gasteiger partial charge < -0.3 is 33.8 Å². The van der Waals surface area contributed by atoms with Crippen LogP contribution >= 0.6 is 22.7 Å². The van der Waals surface area contributed by atoms with Crippen molar-refractivity contribution in [1.82, 2.24) is 45.6 Å². The predicted molar refractivity (Wildman–Crippen MR) is 293 cm³/mol. The lowest BCUT2D eigenvalue weighted by atomic mass is 10.2. The number of ether oxygens (including phenoxy) is 3. The highest BCUT2D eigenvalue weighted by atomic mass is 32.1. The van der Waals surface area contributed by atoms with Crippen molar-refractivity contribution in [2.24, 2.45) is 5.84 Å². The molecule has 5 N–H and O–H groups in total. The maximum absolute atomic E-state index is 12.3. The molecule has 0 radical (unpaired) electrons. The van der Waals surface area contributed by atoms with Gasteiger partial charge in [0.25, 0.3) is 11.8 Å². The van der Waals surface area contributed by atoms with E-state index in [1.807, 2.05) is 51.9 Å². The van der Waals surface area contributed by atoms with E-state index in [2.05, 4.69) is 53.8 Å². The summed E-state index contributed by atoms with van der Waals surface area (Å²) in [4.78, 5) is 94.3. The molecule has 0 spiro atoms. The van der Waals surface area contributed by atoms with Gasteiger partial charge in [0.2, 0.25) is 11.8 Å². The van der Waals surface area contributed by atoms with E-state index in [0.29, 0.717) is 9.75 Å². The lowest BCUT2D eigenvalue weighted by Gasteiger charge is -2.35. The van der Waals surface area contributed by atoms with Crippen molar-refractivity contribution < 1.29 is 43.0 Å². The lowest BCUT2D eigenvalue weighted by Crippen LogP contribution is -2.48. The van der Waals surface area contributed by atoms with Gasteiger partial charge in [-0.25, -0.2) is 25.8 Å². The van der Waals surface area contributed by atoms with E-state index >= 15 is 0 Å². The number of aromatic nitrogens is 4. The standard InChI is InChI=1S/C23H31N5O4S.C21H23N5O2S.C5H12N2O2.C4H8O/c1-16(29)27-11-13-28(14-12-27)18-7-5-17(24-15-18)6-8-19-9-10-20(33-19)21(30)25-26-22(31)32-23(2,3)4;1-16(27)24-10-12-25(13-11-24)18-4-2-17(23-14-18)3-5-19-6-7-20(29-19)21(28)26-9-8-22-15-26;1-5(2,3)9-4(8)7-6;1-2-4-5-3-1/h5,7,9-10,15H,6,8,11-14H2,1-4H3,(H,25,30)(H,26,31);2,4,6-9,14-15H,3,5,10-13H2,1H3;6H2,1-3H3,(H,7,8);1-4H2. The molecule has 5 aromatic heterocycles. The average molecular weight is 1090 g/mol. The third-order valence-electron chi connectivity index (χ3n) is 11.6. The van der Waals surface area contributed by atoms with Crippen LogP contribution in [0.25, 0.3) is 0 Å². The number of nitrogens with zero attached hydrogens (tertiary/aromatic N) is 8. The minimum absolute atomic E-state index is 0.0499. The molecule has 0 aliphatic carbocycles. The molecule has 0 atom stereocenters. The lowest BCUT2D eigenvalue weighted by molar-refractivity contribution is -0.129. The molecule has 3 fully saturated rings. The number of rotatable bonds is 10. The van der Waals surface area contributed by atoms with Crippen molar-refractivity contribution in [3.63, 3.8) is 0 Å². The number of hydrogen-bond donors (Lipinski definition) is 4. The number of anilines is 2. The molecule has 3 aliphatic heterocycles. The summed E-state index contributed by atoms with van der Waals surface area (Å²) in [5.41, 5.74) is 9.55. The van der Waals surface area contributed by atoms with Gasteiger partial charge in [-0.3, -0.25) is 44.6 Å². The van der Waals surface area contributed by atoms with Crippen LogP contribution in [0, 0.1) is 0 Å². The first-order valence-corrected chi connectivity index (χ1v) is 27.0. The highest BCUT2D eigenvalue weighted by Crippen LogP contribution is 2.23. The van der Waals surface area contributed by atoms with Gasteiger partial charge in [-0.1, -0.05) is 0 Å². The predicted octanol–water partition coefficient (Wildman–Crippen LogP) is 6.43. The van der Waals surface area contributed by atoms with E-state index in [-0.39, 0.29) is 23.6 Å². The first kappa shape index (κ1) is 59.9. The minimum Gasteiger partial charge on any atom is -0.443 e. The van der Waals surface area contributed by atoms with Crippen molar-refractivity contribution in [2.75, 3.05) is 75.4 Å². The first-order chi connectivity index (χ1) is 36.2. The minimum atomic E-state index is -0.706. The van der Waals surface area contributed by atoms with E-state index < -0.39 is 23.4 Å². The number of imidazole rings is 1. The first-order valence-electron chi connectivity index (χ1n) is 25.3. The van der Waals surface area contributed by atoms with Gasteiger partial charge in [0.05, 0.1) is 33.5 Å². The highest BCUT2D eigenvalue weighted by Gasteiger charge is 2.22. The van der Waals surface area contributed by atoms with Crippen LogP contribution in [0.4, 0.5) is 21.0 Å². The largest absolute Gasteiger partial charge is 0.443 e. The van der Waals surface area contributed by atoms with Gasteiger partial charge in [0, 0.05) is 113 Å². The Bertz CT molecular complexity index is 2600. The molecule has 0 aromatic carbocycles. The zero-order valence-electron chi connectivity index (χ0n) is 45.0. The SMILES string of the molecule is C1CCOC1.CC(=O)N1CCN(c2ccc(CCc3ccc(C(=O)NNC(=O)OC(C)(C)C)s3)nc2)CC1.CC(=O)N1CCN(c2ccc(CCc3ccc(C(=O)n4ccnc4)s3)nc2)CC1.CC(C)(C)OC(=O)NN. The van der Waals surface area contributed by atoms with Crippen LogP contribution in [-0.4, -0.2) is 142 Å². The number of carbonyl (C=O) groups excluding carboxylic acids is 6. The number of nitrogens with one attached hydrogen (secondary N) is 3. The molecule has 21 nitrogen and oxygen atoms in total. The van der Waals surface area contributed by atoms with Gasteiger partial charge in [-0.15, -0.1) is 22.7 Å². The highest BCUT2D eigenvalue weighted by molar-refractivity contribution is 7.14. The number of aryl methyl sites for hydroxylation is 4. The summed E-state index contributed by atoms with van der Waals surface area (Å²) in [6.07, 6.45) is 13.0. The van der Waals surface area contributed by atoms with Crippen LogP contribution in [0.5, 0.6) is 0 Å². The third-order valence-corrected chi connectivity index (χ3v) is 13.8. The maximum atomic E-state index is 12.3. The second-order valence-corrected chi connectivity index (χ2v) is 22.2. The molecule has 23 heteroatoms. The number of piperazine rings is 2. The van der Waals surface area contributed by atoms with E-state index in [0.717, 1.165) is 119 Å². The Morgan fingerprint density at radius 2 is 1.09 bits per heavy atom. The molecule has 0 saturated carbocycles. The van der Waals surface area contributed by atoms with Crippen molar-refractivity contribution in [3.05, 3.63) is 111 Å². The van der Waals surface area contributed by atoms with Gasteiger partial charge in [-0.05, 0) is 129 Å². The summed E-state index contributed by atoms with van der Waals surface area (Å²) in [6.45, 7) is 22.1.